The fraction of sp³-hybridized carbons (Fsp3) is 0.650. The van der Waals surface area contributed by atoms with Gasteiger partial charge in [0.15, 0.2) is 0 Å². The molecule has 7 heteroatoms. The van der Waals surface area contributed by atoms with E-state index in [-0.39, 0.29) is 18.4 Å². The first-order chi connectivity index (χ1) is 13.1. The molecule has 0 unspecified atom stereocenters. The Kier molecular flexibility index (Phi) is 5.61. The number of halogens is 1. The van der Waals surface area contributed by atoms with Crippen LogP contribution in [0.25, 0.3) is 0 Å². The highest BCUT2D eigenvalue weighted by atomic mass is 19.1. The van der Waals surface area contributed by atoms with Gasteiger partial charge in [0.1, 0.15) is 5.82 Å². The van der Waals surface area contributed by atoms with Gasteiger partial charge in [-0.25, -0.2) is 4.39 Å². The van der Waals surface area contributed by atoms with E-state index in [0.29, 0.717) is 18.6 Å². The second-order valence-corrected chi connectivity index (χ2v) is 8.04. The van der Waals surface area contributed by atoms with E-state index >= 15 is 0 Å². The van der Waals surface area contributed by atoms with Crippen LogP contribution in [0.2, 0.25) is 0 Å². The van der Waals surface area contributed by atoms with Crippen molar-refractivity contribution < 1.29 is 19.0 Å². The molecule has 2 bridgehead atoms. The van der Waals surface area contributed by atoms with E-state index in [1.54, 1.807) is 0 Å². The van der Waals surface area contributed by atoms with Crippen molar-refractivity contribution >= 4 is 11.7 Å². The van der Waals surface area contributed by atoms with Crippen LogP contribution in [0.5, 0.6) is 0 Å². The molecular formula is C20H28FN3O3. The quantitative estimate of drug-likeness (QED) is 0.859. The standard InChI is InChI=1S/C20H28FN3O3/c21-16-1-3-17(4-2-16)23-7-5-18(6-8-23)24-10-15-9-22(12-20(25)26)11-19(24)14-27-13-15/h1-4,15,18-19H,5-14H2,(H,25,26)/t15-,19-/m0/s1. The van der Waals surface area contributed by atoms with E-state index in [0.717, 1.165) is 57.9 Å². The Morgan fingerprint density at radius 3 is 2.52 bits per heavy atom. The second-order valence-electron chi connectivity index (χ2n) is 8.04. The summed E-state index contributed by atoms with van der Waals surface area (Å²) in [6.07, 6.45) is 2.14. The Morgan fingerprint density at radius 2 is 1.81 bits per heavy atom. The molecule has 148 valence electrons. The van der Waals surface area contributed by atoms with E-state index in [4.69, 9.17) is 4.74 Å². The summed E-state index contributed by atoms with van der Waals surface area (Å²) in [5, 5.41) is 9.17. The number of nitrogens with zero attached hydrogens (tertiary/aromatic N) is 3. The summed E-state index contributed by atoms with van der Waals surface area (Å²) in [5.41, 5.74) is 1.08. The lowest BCUT2D eigenvalue weighted by Crippen LogP contribution is -2.52. The number of hydrogen-bond acceptors (Lipinski definition) is 5. The van der Waals surface area contributed by atoms with Crippen molar-refractivity contribution in [3.8, 4) is 0 Å². The van der Waals surface area contributed by atoms with Crippen molar-refractivity contribution in [2.45, 2.75) is 24.9 Å². The zero-order valence-corrected chi connectivity index (χ0v) is 15.6. The summed E-state index contributed by atoms with van der Waals surface area (Å²) in [7, 11) is 0. The van der Waals surface area contributed by atoms with Gasteiger partial charge in [0, 0.05) is 56.4 Å². The van der Waals surface area contributed by atoms with Gasteiger partial charge < -0.3 is 14.7 Å². The first-order valence-electron chi connectivity index (χ1n) is 9.86. The molecule has 3 fully saturated rings. The molecule has 3 aliphatic heterocycles. The summed E-state index contributed by atoms with van der Waals surface area (Å²) in [5.74, 6) is -0.585. The van der Waals surface area contributed by atoms with Gasteiger partial charge in [-0.2, -0.15) is 0 Å². The summed E-state index contributed by atoms with van der Waals surface area (Å²) in [6.45, 7) is 6.00. The molecule has 1 aromatic rings. The van der Waals surface area contributed by atoms with Crippen LogP contribution in [0.15, 0.2) is 24.3 Å². The van der Waals surface area contributed by atoms with Crippen LogP contribution in [0, 0.1) is 11.7 Å². The number of hydrogen-bond donors (Lipinski definition) is 1. The Hall–Kier alpha value is -1.70. The molecule has 1 aromatic carbocycles. The lowest BCUT2D eigenvalue weighted by Gasteiger charge is -2.42. The number of fused-ring (bicyclic) bond motifs is 3. The Bertz CT molecular complexity index is 648. The minimum absolute atomic E-state index is 0.115. The Labute approximate surface area is 159 Å². The van der Waals surface area contributed by atoms with E-state index in [1.165, 1.54) is 12.1 Å². The summed E-state index contributed by atoms with van der Waals surface area (Å²) >= 11 is 0. The molecule has 3 aliphatic rings. The topological polar surface area (TPSA) is 56.2 Å². The average Bonchev–Trinajstić information content (AvgIpc) is 2.93. The molecule has 4 rings (SSSR count). The fourth-order valence-electron chi connectivity index (χ4n) is 4.85. The number of carbonyl (C=O) groups is 1. The molecule has 27 heavy (non-hydrogen) atoms. The van der Waals surface area contributed by atoms with Gasteiger partial charge in [0.05, 0.1) is 19.8 Å². The maximum Gasteiger partial charge on any atom is 0.317 e. The van der Waals surface area contributed by atoms with Gasteiger partial charge in [0.25, 0.3) is 0 Å². The van der Waals surface area contributed by atoms with E-state index < -0.39 is 5.97 Å². The van der Waals surface area contributed by atoms with Crippen LogP contribution >= 0.6 is 0 Å². The number of ether oxygens (including phenoxy) is 1. The van der Waals surface area contributed by atoms with Crippen LogP contribution < -0.4 is 4.90 Å². The molecule has 0 amide bonds. The maximum atomic E-state index is 13.2. The van der Waals surface area contributed by atoms with Gasteiger partial charge >= 0.3 is 5.97 Å². The summed E-state index contributed by atoms with van der Waals surface area (Å²) < 4.78 is 19.0. The molecule has 0 aliphatic carbocycles. The molecule has 6 nitrogen and oxygen atoms in total. The third-order valence-corrected chi connectivity index (χ3v) is 6.07. The average molecular weight is 377 g/mol. The predicted octanol–water partition coefficient (Wildman–Crippen LogP) is 1.51. The zero-order chi connectivity index (χ0) is 18.8. The van der Waals surface area contributed by atoms with Gasteiger partial charge in [-0.3, -0.25) is 14.6 Å². The minimum Gasteiger partial charge on any atom is -0.480 e. The normalized spacial score (nSPS) is 28.1. The number of piperidine rings is 1. The number of carboxylic acid groups (broad SMARTS) is 1. The van der Waals surface area contributed by atoms with Crippen molar-refractivity contribution in [2.24, 2.45) is 5.92 Å². The number of aliphatic carboxylic acids is 1. The van der Waals surface area contributed by atoms with Crippen molar-refractivity contribution in [3.05, 3.63) is 30.1 Å². The monoisotopic (exact) mass is 377 g/mol. The first kappa shape index (κ1) is 18.7. The molecule has 3 heterocycles. The predicted molar refractivity (Wildman–Crippen MR) is 101 cm³/mol. The van der Waals surface area contributed by atoms with Gasteiger partial charge in [-0.15, -0.1) is 0 Å². The molecule has 0 aromatic heterocycles. The number of rotatable bonds is 4. The Balaban J connectivity index is 1.40. The van der Waals surface area contributed by atoms with E-state index in [1.807, 2.05) is 12.1 Å². The first-order valence-corrected chi connectivity index (χ1v) is 9.86. The smallest absolute Gasteiger partial charge is 0.317 e. The zero-order valence-electron chi connectivity index (χ0n) is 15.6. The van der Waals surface area contributed by atoms with Crippen LogP contribution in [0.3, 0.4) is 0 Å². The molecule has 0 saturated carbocycles. The highest BCUT2D eigenvalue weighted by Gasteiger charge is 2.38. The second kappa shape index (κ2) is 8.12. The fourth-order valence-corrected chi connectivity index (χ4v) is 4.85. The number of benzene rings is 1. The highest BCUT2D eigenvalue weighted by molar-refractivity contribution is 5.69. The van der Waals surface area contributed by atoms with Gasteiger partial charge in [-0.1, -0.05) is 0 Å². The molecule has 0 spiro atoms. The summed E-state index contributed by atoms with van der Waals surface area (Å²) in [6, 6.07) is 7.51. The van der Waals surface area contributed by atoms with Crippen molar-refractivity contribution in [2.75, 3.05) is 57.4 Å². The molecule has 1 N–H and O–H groups in total. The SMILES string of the molecule is O=C(O)CN1C[C@@H]2COC[C@H](C1)N(C1CCN(c3ccc(F)cc3)CC1)C2. The van der Waals surface area contributed by atoms with Crippen LogP contribution in [0.4, 0.5) is 10.1 Å². The number of anilines is 1. The van der Waals surface area contributed by atoms with Crippen LogP contribution in [0.1, 0.15) is 12.8 Å². The van der Waals surface area contributed by atoms with Crippen molar-refractivity contribution in [1.29, 1.82) is 0 Å². The number of carboxylic acids is 1. The molecular weight excluding hydrogens is 349 g/mol. The largest absolute Gasteiger partial charge is 0.480 e. The third kappa shape index (κ3) is 4.42. The lowest BCUT2D eigenvalue weighted by molar-refractivity contribution is -0.138. The lowest BCUT2D eigenvalue weighted by atomic mass is 9.99. The van der Waals surface area contributed by atoms with Gasteiger partial charge in [-0.05, 0) is 37.1 Å². The minimum atomic E-state index is -0.755. The highest BCUT2D eigenvalue weighted by Crippen LogP contribution is 2.28. The molecule has 0 radical (unpaired) electrons. The molecule has 3 saturated heterocycles. The third-order valence-electron chi connectivity index (χ3n) is 6.07. The Morgan fingerprint density at radius 1 is 1.07 bits per heavy atom. The van der Waals surface area contributed by atoms with Crippen molar-refractivity contribution in [1.82, 2.24) is 9.80 Å². The van der Waals surface area contributed by atoms with Crippen molar-refractivity contribution in [3.63, 3.8) is 0 Å². The van der Waals surface area contributed by atoms with Crippen LogP contribution in [-0.2, 0) is 9.53 Å². The summed E-state index contributed by atoms with van der Waals surface area (Å²) in [4.78, 5) is 18.1. The molecule has 2 atom stereocenters. The van der Waals surface area contributed by atoms with E-state index in [9.17, 15) is 14.3 Å². The van der Waals surface area contributed by atoms with E-state index in [2.05, 4.69) is 14.7 Å². The van der Waals surface area contributed by atoms with Crippen LogP contribution in [-0.4, -0.2) is 85.4 Å². The maximum absolute atomic E-state index is 13.2. The van der Waals surface area contributed by atoms with Gasteiger partial charge in [0.2, 0.25) is 0 Å².